The van der Waals surface area contributed by atoms with E-state index < -0.39 is 0 Å². The van der Waals surface area contributed by atoms with Gasteiger partial charge in [-0.1, -0.05) is 299 Å². The Labute approximate surface area is 676 Å². The van der Waals surface area contributed by atoms with Crippen molar-refractivity contribution in [1.82, 2.24) is 9.13 Å². The van der Waals surface area contributed by atoms with Gasteiger partial charge in [-0.25, -0.2) is 0 Å². The lowest BCUT2D eigenvalue weighted by atomic mass is 9.81. The third-order valence-corrected chi connectivity index (χ3v) is 26.4. The van der Waals surface area contributed by atoms with E-state index >= 15 is 0 Å². The number of para-hydroxylation sites is 3. The zero-order valence-electron chi connectivity index (χ0n) is 63.5. The molecule has 0 saturated carbocycles. The number of thiophene rings is 2. The molecule has 0 N–H and O–H groups in total. The van der Waals surface area contributed by atoms with Gasteiger partial charge in [0.25, 0.3) is 0 Å². The van der Waals surface area contributed by atoms with E-state index in [2.05, 4.69) is 435 Å². The second-order valence-electron chi connectivity index (χ2n) is 31.0. The highest BCUT2D eigenvalue weighted by Gasteiger charge is 2.35. The summed E-state index contributed by atoms with van der Waals surface area (Å²) in [5.41, 5.74) is 34.5. The molecule has 0 unspecified atom stereocenters. The van der Waals surface area contributed by atoms with Crippen molar-refractivity contribution >= 4 is 107 Å². The number of hydrogen-bond donors (Lipinski definition) is 0. The Kier molecular flexibility index (Phi) is 16.4. The third kappa shape index (κ3) is 11.7. The van der Waals surface area contributed by atoms with Gasteiger partial charge in [-0.2, -0.15) is 0 Å². The molecular weight excluding hydrogens is 1430 g/mol. The SMILES string of the molecule is CC1(C)c2ccccc2-c2ccc(-c3cc(-c4ccc5c(c4)c4ccccc4n5-c4ccccc4)cc(-c4cccc5c4sc4ccccc45)c3)cc21.c1ccc(-c2cccc(-c3cc(-c4ccc5c(c4)c4ccccc4n5-c4cccc(-c5cccc(-c6ccccc6)c5)c4)cc(-c4cccc5c4sc4ccccc45)c3)c2)cc1. The normalized spacial score (nSPS) is 12.3. The van der Waals surface area contributed by atoms with E-state index in [9.17, 15) is 0 Å². The van der Waals surface area contributed by atoms with Crippen molar-refractivity contribution < 1.29 is 0 Å². The number of fused-ring (bicyclic) bond motifs is 15. The summed E-state index contributed by atoms with van der Waals surface area (Å²) in [6.07, 6.45) is 0. The highest BCUT2D eigenvalue weighted by Crippen LogP contribution is 2.52. The Bertz CT molecular complexity index is 7620. The van der Waals surface area contributed by atoms with Gasteiger partial charge in [0.2, 0.25) is 0 Å². The van der Waals surface area contributed by atoms with Gasteiger partial charge in [0.15, 0.2) is 0 Å². The van der Waals surface area contributed by atoms with Crippen molar-refractivity contribution in [1.29, 1.82) is 0 Å². The second-order valence-corrected chi connectivity index (χ2v) is 33.1. The first kappa shape index (κ1) is 67.9. The molecule has 1 aliphatic carbocycles. The van der Waals surface area contributed by atoms with Crippen molar-refractivity contribution in [3.63, 3.8) is 0 Å². The van der Waals surface area contributed by atoms with Gasteiger partial charge in [-0.15, -0.1) is 22.7 Å². The van der Waals surface area contributed by atoms with Gasteiger partial charge in [0.1, 0.15) is 0 Å². The van der Waals surface area contributed by atoms with Crippen LogP contribution in [0.2, 0.25) is 0 Å². The third-order valence-electron chi connectivity index (χ3n) is 24.0. The predicted molar refractivity (Wildman–Crippen MR) is 494 cm³/mol. The minimum absolute atomic E-state index is 0.0664. The van der Waals surface area contributed by atoms with Crippen LogP contribution < -0.4 is 0 Å². The molecule has 4 heteroatoms. The number of hydrogen-bond acceptors (Lipinski definition) is 2. The van der Waals surface area contributed by atoms with Crippen LogP contribution in [0, 0.1) is 0 Å². The maximum atomic E-state index is 2.45. The largest absolute Gasteiger partial charge is 0.309 e. The first-order valence-corrected chi connectivity index (χ1v) is 41.3. The van der Waals surface area contributed by atoms with Crippen LogP contribution in [0.15, 0.2) is 413 Å². The number of benzene rings is 18. The molecular formula is C111H74N2S2. The van der Waals surface area contributed by atoms with Crippen LogP contribution in [-0.2, 0) is 5.41 Å². The molecule has 540 valence electrons. The molecule has 18 aromatic carbocycles. The van der Waals surface area contributed by atoms with Crippen molar-refractivity contribution in [3.05, 3.63) is 424 Å². The Balaban J connectivity index is 0.000000142. The van der Waals surface area contributed by atoms with Gasteiger partial charge in [0, 0.05) is 78.7 Å². The molecule has 22 aromatic rings. The fourth-order valence-corrected chi connectivity index (χ4v) is 20.8. The molecule has 0 spiro atoms. The maximum absolute atomic E-state index is 2.45. The molecule has 0 atom stereocenters. The molecule has 0 amide bonds. The molecule has 0 aliphatic heterocycles. The lowest BCUT2D eigenvalue weighted by Gasteiger charge is -2.22. The summed E-state index contributed by atoms with van der Waals surface area (Å²) in [4.78, 5) is 0. The zero-order valence-corrected chi connectivity index (χ0v) is 65.1. The van der Waals surface area contributed by atoms with Crippen LogP contribution in [0.5, 0.6) is 0 Å². The molecule has 0 bridgehead atoms. The standard InChI is InChI=1S/C60H39NS.C51H35NS/c1-3-15-40(16-4-1)42-19-11-21-44(33-42)46-23-13-24-51(38-46)61-57-29-9-7-25-53(57)56-39-47(31-32-58(56)61)49-35-48(45-22-12-20-43(34-45)41-17-5-2-6-18-41)36-50(37-49)52-27-14-28-55-54-26-8-10-30-59(54)62-60(52)55;1-51(2)45-20-9-6-15-39(45)40-25-23-33(31-46(40)51)35-27-34(28-36(29-35)38-18-12-19-43-42-17-8-11-22-49(42)53-50(38)43)32-24-26-48-44(30-32)41-16-7-10-21-47(41)52(48)37-13-4-3-5-14-37/h1-39H;3-31H,1-2H3. The maximum Gasteiger partial charge on any atom is 0.0541 e. The lowest BCUT2D eigenvalue weighted by Crippen LogP contribution is -2.14. The van der Waals surface area contributed by atoms with E-state index in [0.29, 0.717) is 0 Å². The fourth-order valence-electron chi connectivity index (χ4n) is 18.3. The minimum Gasteiger partial charge on any atom is -0.309 e. The van der Waals surface area contributed by atoms with Gasteiger partial charge >= 0.3 is 0 Å². The molecule has 115 heavy (non-hydrogen) atoms. The summed E-state index contributed by atoms with van der Waals surface area (Å²) >= 11 is 3.78. The van der Waals surface area contributed by atoms with Crippen LogP contribution in [0.4, 0.5) is 0 Å². The van der Waals surface area contributed by atoms with Gasteiger partial charge in [-0.3, -0.25) is 0 Å². The highest BCUT2D eigenvalue weighted by molar-refractivity contribution is 7.26. The highest BCUT2D eigenvalue weighted by atomic mass is 32.1. The van der Waals surface area contributed by atoms with Crippen molar-refractivity contribution in [3.8, 4) is 123 Å². The molecule has 0 saturated heterocycles. The predicted octanol–water partition coefficient (Wildman–Crippen LogP) is 31.6. The van der Waals surface area contributed by atoms with E-state index in [1.54, 1.807) is 0 Å². The summed E-state index contributed by atoms with van der Waals surface area (Å²) in [6, 6.07) is 152. The van der Waals surface area contributed by atoms with Crippen LogP contribution in [-0.4, -0.2) is 9.13 Å². The summed E-state index contributed by atoms with van der Waals surface area (Å²) < 4.78 is 10.1. The molecule has 23 rings (SSSR count). The molecule has 0 fully saturated rings. The second kappa shape index (κ2) is 27.7. The van der Waals surface area contributed by atoms with Gasteiger partial charge in [0.05, 0.1) is 22.1 Å². The quantitative estimate of drug-likeness (QED) is 0.122. The molecule has 4 aromatic heterocycles. The Morgan fingerprint density at radius 2 is 0.504 bits per heavy atom. The summed E-state index contributed by atoms with van der Waals surface area (Å²) in [5, 5.41) is 10.3. The van der Waals surface area contributed by atoms with E-state index in [0.717, 1.165) is 5.69 Å². The van der Waals surface area contributed by atoms with Crippen molar-refractivity contribution in [2.75, 3.05) is 0 Å². The average Bonchev–Trinajstić information content (AvgIpc) is 1.59. The summed E-state index contributed by atoms with van der Waals surface area (Å²) in [5.74, 6) is 0. The zero-order chi connectivity index (χ0) is 76.2. The fraction of sp³-hybridized carbons (Fsp3) is 0.0270. The topological polar surface area (TPSA) is 9.86 Å². The van der Waals surface area contributed by atoms with E-state index in [1.807, 2.05) is 22.7 Å². The Morgan fingerprint density at radius 1 is 0.183 bits per heavy atom. The van der Waals surface area contributed by atoms with Crippen LogP contribution in [0.3, 0.4) is 0 Å². The van der Waals surface area contributed by atoms with E-state index in [1.165, 1.54) is 212 Å². The number of nitrogens with zero attached hydrogens (tertiary/aromatic N) is 2. The minimum atomic E-state index is -0.0664. The Hall–Kier alpha value is -14.0. The monoisotopic (exact) mass is 1500 g/mol. The molecule has 4 heterocycles. The molecule has 0 radical (unpaired) electrons. The molecule has 1 aliphatic rings. The van der Waals surface area contributed by atoms with E-state index in [4.69, 9.17) is 0 Å². The molecule has 2 nitrogen and oxygen atoms in total. The van der Waals surface area contributed by atoms with Crippen LogP contribution in [0.1, 0.15) is 25.0 Å². The lowest BCUT2D eigenvalue weighted by molar-refractivity contribution is 0.660. The van der Waals surface area contributed by atoms with Crippen LogP contribution >= 0.6 is 22.7 Å². The number of rotatable bonds is 11. The first-order valence-electron chi connectivity index (χ1n) is 39.7. The Morgan fingerprint density at radius 3 is 1.03 bits per heavy atom. The van der Waals surface area contributed by atoms with Crippen molar-refractivity contribution in [2.24, 2.45) is 0 Å². The number of aromatic nitrogens is 2. The summed E-state index contributed by atoms with van der Waals surface area (Å²) in [7, 11) is 0. The van der Waals surface area contributed by atoms with E-state index in [-0.39, 0.29) is 5.41 Å². The van der Waals surface area contributed by atoms with Crippen LogP contribution in [0.25, 0.3) is 207 Å². The first-order chi connectivity index (χ1) is 56.7. The van der Waals surface area contributed by atoms with Gasteiger partial charge < -0.3 is 9.13 Å². The average molecular weight is 1500 g/mol. The smallest absolute Gasteiger partial charge is 0.0541 e. The summed E-state index contributed by atoms with van der Waals surface area (Å²) in [6.45, 7) is 4.74. The van der Waals surface area contributed by atoms with Crippen molar-refractivity contribution in [2.45, 2.75) is 19.3 Å². The van der Waals surface area contributed by atoms with Gasteiger partial charge in [-0.05, 0) is 250 Å².